The van der Waals surface area contributed by atoms with Crippen LogP contribution in [0.2, 0.25) is 0 Å². The third-order valence-electron chi connectivity index (χ3n) is 5.02. The summed E-state index contributed by atoms with van der Waals surface area (Å²) in [4.78, 5) is 12.5. The number of methoxy groups -OCH3 is 1. The number of benzene rings is 1. The Balaban J connectivity index is 1.68. The maximum atomic E-state index is 12.5. The summed E-state index contributed by atoms with van der Waals surface area (Å²) in [5, 5.41) is 15.8. The van der Waals surface area contributed by atoms with Crippen LogP contribution in [0.3, 0.4) is 0 Å². The van der Waals surface area contributed by atoms with Gasteiger partial charge in [0, 0.05) is 24.0 Å². The minimum absolute atomic E-state index is 0.0599. The molecule has 0 saturated heterocycles. The number of nitrogens with one attached hydrogen (secondary N) is 1. The van der Waals surface area contributed by atoms with E-state index in [1.165, 1.54) is 7.11 Å². The second-order valence-corrected chi connectivity index (χ2v) is 7.77. The molecule has 4 rings (SSSR count). The van der Waals surface area contributed by atoms with Crippen molar-refractivity contribution in [2.75, 3.05) is 19.0 Å². The zero-order chi connectivity index (χ0) is 21.3. The fourth-order valence-electron chi connectivity index (χ4n) is 3.59. The first-order chi connectivity index (χ1) is 14.5. The molecule has 8 heteroatoms. The van der Waals surface area contributed by atoms with Crippen molar-refractivity contribution >= 4 is 11.7 Å². The molecule has 2 aromatic heterocycles. The lowest BCUT2D eigenvalue weighted by Crippen LogP contribution is -2.25. The number of fused-ring (bicyclic) bond motifs is 1. The molecule has 1 N–H and O–H groups in total. The molecule has 0 fully saturated rings. The molecule has 0 spiro atoms. The minimum atomic E-state index is -0.0899. The van der Waals surface area contributed by atoms with Gasteiger partial charge in [-0.15, -0.1) is 10.2 Å². The smallest absolute Gasteiger partial charge is 0.233 e. The average molecular weight is 407 g/mol. The maximum Gasteiger partial charge on any atom is 0.233 e. The third kappa shape index (κ3) is 3.85. The number of hydrogen-bond acceptors (Lipinski definition) is 6. The highest BCUT2D eigenvalue weighted by molar-refractivity contribution is 5.95. The highest BCUT2D eigenvalue weighted by Gasteiger charge is 2.33. The third-order valence-corrected chi connectivity index (χ3v) is 5.02. The van der Waals surface area contributed by atoms with Gasteiger partial charge in [-0.1, -0.05) is 26.0 Å². The van der Waals surface area contributed by atoms with Gasteiger partial charge in [0.15, 0.2) is 5.82 Å². The predicted molar refractivity (Wildman–Crippen MR) is 112 cm³/mol. The van der Waals surface area contributed by atoms with Crippen molar-refractivity contribution in [1.29, 1.82) is 0 Å². The monoisotopic (exact) mass is 407 g/mol. The van der Waals surface area contributed by atoms with Gasteiger partial charge in [-0.3, -0.25) is 4.79 Å². The SMILES string of the molecule is COc1ccc(-n2nc(C)c3c2NC(=O)CC3c2ccc(OCC(C)C)cc2)nn1. The van der Waals surface area contributed by atoms with E-state index in [1.807, 2.05) is 31.2 Å². The van der Waals surface area contributed by atoms with Gasteiger partial charge < -0.3 is 14.8 Å². The standard InChI is InChI=1S/C22H25N5O3/c1-13(2)12-30-16-7-5-15(6-8-16)17-11-19(28)23-22-21(17)14(3)26-27(22)18-9-10-20(29-4)25-24-18/h5-10,13,17H,11-12H2,1-4H3,(H,23,28). The van der Waals surface area contributed by atoms with E-state index in [-0.39, 0.29) is 11.8 Å². The molecular formula is C22H25N5O3. The summed E-state index contributed by atoms with van der Waals surface area (Å²) in [6.45, 7) is 6.84. The van der Waals surface area contributed by atoms with Crippen molar-refractivity contribution in [1.82, 2.24) is 20.0 Å². The topological polar surface area (TPSA) is 91.2 Å². The van der Waals surface area contributed by atoms with Gasteiger partial charge in [0.25, 0.3) is 0 Å². The molecule has 0 saturated carbocycles. The van der Waals surface area contributed by atoms with Crippen molar-refractivity contribution in [3.8, 4) is 17.4 Å². The molecule has 3 heterocycles. The lowest BCUT2D eigenvalue weighted by atomic mass is 9.86. The first-order valence-corrected chi connectivity index (χ1v) is 9.96. The summed E-state index contributed by atoms with van der Waals surface area (Å²) in [6, 6.07) is 11.4. The molecule has 156 valence electrons. The van der Waals surface area contributed by atoms with Crippen molar-refractivity contribution < 1.29 is 14.3 Å². The normalized spacial score (nSPS) is 15.6. The molecule has 0 bridgehead atoms. The zero-order valence-corrected chi connectivity index (χ0v) is 17.5. The Morgan fingerprint density at radius 2 is 1.93 bits per heavy atom. The Hall–Kier alpha value is -3.42. The van der Waals surface area contributed by atoms with Gasteiger partial charge >= 0.3 is 0 Å². The molecule has 0 aliphatic carbocycles. The molecule has 1 aromatic carbocycles. The Morgan fingerprint density at radius 3 is 2.57 bits per heavy atom. The molecule has 30 heavy (non-hydrogen) atoms. The molecule has 1 atom stereocenters. The number of anilines is 1. The number of carbonyl (C=O) groups excluding carboxylic acids is 1. The first kappa shape index (κ1) is 19.9. The Bertz CT molecular complexity index is 1040. The fourth-order valence-corrected chi connectivity index (χ4v) is 3.59. The number of carbonyl (C=O) groups is 1. The van der Waals surface area contributed by atoms with E-state index in [4.69, 9.17) is 9.47 Å². The molecule has 1 aliphatic rings. The van der Waals surface area contributed by atoms with Gasteiger partial charge in [0.05, 0.1) is 19.4 Å². The molecule has 1 aliphatic heterocycles. The Morgan fingerprint density at radius 1 is 1.17 bits per heavy atom. The van der Waals surface area contributed by atoms with Gasteiger partial charge in [-0.25, -0.2) is 0 Å². The molecular weight excluding hydrogens is 382 g/mol. The first-order valence-electron chi connectivity index (χ1n) is 9.96. The van der Waals surface area contributed by atoms with Crippen molar-refractivity contribution in [2.24, 2.45) is 5.92 Å². The Kier molecular flexibility index (Phi) is 5.39. The number of aryl methyl sites for hydroxylation is 1. The summed E-state index contributed by atoms with van der Waals surface area (Å²) in [7, 11) is 1.54. The maximum absolute atomic E-state index is 12.5. The van der Waals surface area contributed by atoms with Crippen LogP contribution in [0.1, 0.15) is 43.0 Å². The quantitative estimate of drug-likeness (QED) is 0.673. The van der Waals surface area contributed by atoms with E-state index in [0.717, 1.165) is 22.6 Å². The van der Waals surface area contributed by atoms with E-state index in [9.17, 15) is 4.79 Å². The van der Waals surface area contributed by atoms with E-state index in [2.05, 4.69) is 34.5 Å². The van der Waals surface area contributed by atoms with Crippen molar-refractivity contribution in [2.45, 2.75) is 33.1 Å². The van der Waals surface area contributed by atoms with Crippen LogP contribution < -0.4 is 14.8 Å². The summed E-state index contributed by atoms with van der Waals surface area (Å²) in [5.74, 6) is 2.70. The van der Waals surface area contributed by atoms with Crippen LogP contribution in [0.25, 0.3) is 5.82 Å². The van der Waals surface area contributed by atoms with E-state index in [0.29, 0.717) is 36.5 Å². The van der Waals surface area contributed by atoms with Crippen LogP contribution in [0.15, 0.2) is 36.4 Å². The highest BCUT2D eigenvalue weighted by Crippen LogP contribution is 2.40. The number of amides is 1. The molecule has 3 aromatic rings. The van der Waals surface area contributed by atoms with Crippen LogP contribution >= 0.6 is 0 Å². The number of rotatable bonds is 6. The molecule has 1 unspecified atom stereocenters. The van der Waals surface area contributed by atoms with Gasteiger partial charge in [0.2, 0.25) is 11.8 Å². The van der Waals surface area contributed by atoms with E-state index >= 15 is 0 Å². The second kappa shape index (κ2) is 8.14. The number of nitrogens with zero attached hydrogens (tertiary/aromatic N) is 4. The van der Waals surface area contributed by atoms with E-state index in [1.54, 1.807) is 16.8 Å². The zero-order valence-electron chi connectivity index (χ0n) is 17.5. The van der Waals surface area contributed by atoms with Crippen LogP contribution in [0.5, 0.6) is 11.6 Å². The van der Waals surface area contributed by atoms with Crippen LogP contribution in [0, 0.1) is 12.8 Å². The molecule has 1 amide bonds. The van der Waals surface area contributed by atoms with E-state index < -0.39 is 0 Å². The molecule has 0 radical (unpaired) electrons. The van der Waals surface area contributed by atoms with Crippen LogP contribution in [-0.2, 0) is 4.79 Å². The van der Waals surface area contributed by atoms with Crippen molar-refractivity contribution in [3.05, 3.63) is 53.2 Å². The second-order valence-electron chi connectivity index (χ2n) is 7.77. The summed E-state index contributed by atoms with van der Waals surface area (Å²) in [6.07, 6.45) is 0.361. The van der Waals surface area contributed by atoms with Gasteiger partial charge in [0.1, 0.15) is 11.6 Å². The average Bonchev–Trinajstić information content (AvgIpc) is 3.08. The highest BCUT2D eigenvalue weighted by atomic mass is 16.5. The van der Waals surface area contributed by atoms with Crippen molar-refractivity contribution in [3.63, 3.8) is 0 Å². The number of hydrogen-bond donors (Lipinski definition) is 1. The Labute approximate surface area is 175 Å². The largest absolute Gasteiger partial charge is 0.493 e. The van der Waals surface area contributed by atoms with Crippen LogP contribution in [0.4, 0.5) is 5.82 Å². The summed E-state index contributed by atoms with van der Waals surface area (Å²) in [5.41, 5.74) is 2.88. The van der Waals surface area contributed by atoms with Gasteiger partial charge in [-0.2, -0.15) is 9.78 Å². The lowest BCUT2D eigenvalue weighted by Gasteiger charge is -2.24. The fraction of sp³-hybridized carbons (Fsp3) is 0.364. The summed E-state index contributed by atoms with van der Waals surface area (Å²) < 4.78 is 12.5. The number of ether oxygens (including phenoxy) is 2. The predicted octanol–water partition coefficient (Wildman–Crippen LogP) is 3.49. The lowest BCUT2D eigenvalue weighted by molar-refractivity contribution is -0.116. The van der Waals surface area contributed by atoms with Gasteiger partial charge in [-0.05, 0) is 36.6 Å². The van der Waals surface area contributed by atoms with Crippen LogP contribution in [-0.4, -0.2) is 39.6 Å². The number of aromatic nitrogens is 4. The minimum Gasteiger partial charge on any atom is -0.493 e. The molecule has 8 nitrogen and oxygen atoms in total. The summed E-state index contributed by atoms with van der Waals surface area (Å²) >= 11 is 0.